The maximum atomic E-state index is 12.3. The van der Waals surface area contributed by atoms with E-state index in [0.29, 0.717) is 13.2 Å². The molecule has 0 fully saturated rings. The fourth-order valence-corrected chi connectivity index (χ4v) is 1.85. The monoisotopic (exact) mass is 328 g/mol. The van der Waals surface area contributed by atoms with E-state index in [1.54, 1.807) is 27.7 Å². The van der Waals surface area contributed by atoms with Crippen molar-refractivity contribution in [2.75, 3.05) is 13.2 Å². The molecule has 0 heterocycles. The maximum absolute atomic E-state index is 12.3. The molecule has 1 atom stereocenters. The Balaban J connectivity index is 4.61. The van der Waals surface area contributed by atoms with E-state index >= 15 is 0 Å². The molecule has 0 saturated heterocycles. The maximum Gasteiger partial charge on any atom is 0.305 e. The van der Waals surface area contributed by atoms with E-state index in [9.17, 15) is 14.4 Å². The van der Waals surface area contributed by atoms with Crippen LogP contribution in [-0.2, 0) is 19.1 Å². The summed E-state index contributed by atoms with van der Waals surface area (Å²) in [5, 5.41) is 5.56. The Morgan fingerprint density at radius 1 is 1.09 bits per heavy atom. The van der Waals surface area contributed by atoms with Crippen LogP contribution in [0.1, 0.15) is 66.7 Å². The molecule has 6 heteroatoms. The highest BCUT2D eigenvalue weighted by molar-refractivity contribution is 5.89. The van der Waals surface area contributed by atoms with Crippen LogP contribution < -0.4 is 10.6 Å². The molecule has 0 radical (unpaired) electrons. The Labute approximate surface area is 139 Å². The Hall–Kier alpha value is -1.59. The van der Waals surface area contributed by atoms with Crippen LogP contribution in [0.2, 0.25) is 0 Å². The van der Waals surface area contributed by atoms with Crippen LogP contribution in [0.5, 0.6) is 0 Å². The van der Waals surface area contributed by atoms with E-state index in [2.05, 4.69) is 17.6 Å². The van der Waals surface area contributed by atoms with E-state index in [4.69, 9.17) is 4.74 Å². The fraction of sp³-hybridized carbons (Fsp3) is 0.824. The van der Waals surface area contributed by atoms with Crippen molar-refractivity contribution in [3.8, 4) is 0 Å². The summed E-state index contributed by atoms with van der Waals surface area (Å²) in [4.78, 5) is 35.9. The Morgan fingerprint density at radius 2 is 1.74 bits per heavy atom. The largest absolute Gasteiger partial charge is 0.466 e. The van der Waals surface area contributed by atoms with Gasteiger partial charge >= 0.3 is 5.97 Å². The molecular weight excluding hydrogens is 296 g/mol. The highest BCUT2D eigenvalue weighted by Crippen LogP contribution is 2.14. The minimum Gasteiger partial charge on any atom is -0.466 e. The minimum absolute atomic E-state index is 0.102. The molecular formula is C17H32N2O4. The smallest absolute Gasteiger partial charge is 0.305 e. The van der Waals surface area contributed by atoms with E-state index < -0.39 is 11.5 Å². The molecule has 0 rings (SSSR count). The molecule has 0 aliphatic carbocycles. The first-order valence-corrected chi connectivity index (χ1v) is 8.46. The molecule has 0 spiro atoms. The van der Waals surface area contributed by atoms with E-state index in [0.717, 1.165) is 19.3 Å². The molecule has 0 aromatic heterocycles. The third-order valence-electron chi connectivity index (χ3n) is 3.33. The quantitative estimate of drug-likeness (QED) is 0.475. The number of carbonyl (C=O) groups is 3. The van der Waals surface area contributed by atoms with E-state index in [-0.39, 0.29) is 30.6 Å². The number of rotatable bonds is 10. The molecule has 0 aliphatic heterocycles. The van der Waals surface area contributed by atoms with Crippen LogP contribution in [0.15, 0.2) is 0 Å². The average molecular weight is 328 g/mol. The number of hydrogen-bond donors (Lipinski definition) is 2. The molecule has 23 heavy (non-hydrogen) atoms. The normalized spacial score (nSPS) is 12.4. The van der Waals surface area contributed by atoms with Gasteiger partial charge in [0.05, 0.1) is 6.61 Å². The molecule has 2 amide bonds. The summed E-state index contributed by atoms with van der Waals surface area (Å²) in [7, 11) is 0. The number of hydrogen-bond acceptors (Lipinski definition) is 4. The van der Waals surface area contributed by atoms with Crippen molar-refractivity contribution in [2.45, 2.75) is 72.8 Å². The van der Waals surface area contributed by atoms with Gasteiger partial charge in [0.25, 0.3) is 0 Å². The van der Waals surface area contributed by atoms with Gasteiger partial charge in [-0.25, -0.2) is 0 Å². The summed E-state index contributed by atoms with van der Waals surface area (Å²) in [6.07, 6.45) is 3.36. The molecule has 0 bridgehead atoms. The van der Waals surface area contributed by atoms with Gasteiger partial charge in [-0.15, -0.1) is 0 Å². The summed E-state index contributed by atoms with van der Waals surface area (Å²) < 4.78 is 4.87. The molecule has 6 nitrogen and oxygen atoms in total. The van der Waals surface area contributed by atoms with Gasteiger partial charge in [0.2, 0.25) is 11.8 Å². The third-order valence-corrected chi connectivity index (χ3v) is 3.33. The lowest BCUT2D eigenvalue weighted by Gasteiger charge is -2.23. The Morgan fingerprint density at radius 3 is 2.26 bits per heavy atom. The van der Waals surface area contributed by atoms with Crippen molar-refractivity contribution in [1.29, 1.82) is 0 Å². The first-order chi connectivity index (χ1) is 10.7. The second-order valence-corrected chi connectivity index (χ2v) is 6.62. The van der Waals surface area contributed by atoms with Crippen LogP contribution >= 0.6 is 0 Å². The zero-order valence-electron chi connectivity index (χ0n) is 15.2. The molecule has 0 aromatic carbocycles. The number of unbranched alkanes of at least 4 members (excludes halogenated alkanes) is 2. The molecule has 0 saturated carbocycles. The number of amides is 2. The van der Waals surface area contributed by atoms with Crippen LogP contribution in [0.3, 0.4) is 0 Å². The molecule has 134 valence electrons. The zero-order chi connectivity index (χ0) is 17.9. The van der Waals surface area contributed by atoms with Gasteiger partial charge < -0.3 is 15.4 Å². The Bertz CT molecular complexity index is 389. The van der Waals surface area contributed by atoms with Gasteiger partial charge in [-0.1, -0.05) is 40.5 Å². The van der Waals surface area contributed by atoms with Crippen molar-refractivity contribution in [2.24, 2.45) is 5.41 Å². The predicted molar refractivity (Wildman–Crippen MR) is 89.8 cm³/mol. The topological polar surface area (TPSA) is 84.5 Å². The van der Waals surface area contributed by atoms with Gasteiger partial charge in [-0.05, 0) is 19.8 Å². The predicted octanol–water partition coefficient (Wildman–Crippen LogP) is 2.17. The lowest BCUT2D eigenvalue weighted by molar-refractivity contribution is -0.144. The van der Waals surface area contributed by atoms with E-state index in [1.807, 2.05) is 0 Å². The second-order valence-electron chi connectivity index (χ2n) is 6.62. The average Bonchev–Trinajstić information content (AvgIpc) is 2.46. The fourth-order valence-electron chi connectivity index (χ4n) is 1.85. The molecule has 0 aromatic rings. The first-order valence-electron chi connectivity index (χ1n) is 8.46. The van der Waals surface area contributed by atoms with Crippen LogP contribution in [0, 0.1) is 5.41 Å². The van der Waals surface area contributed by atoms with E-state index in [1.165, 1.54) is 0 Å². The van der Waals surface area contributed by atoms with Gasteiger partial charge in [-0.2, -0.15) is 0 Å². The van der Waals surface area contributed by atoms with Gasteiger partial charge in [0.15, 0.2) is 0 Å². The minimum atomic E-state index is -0.715. The van der Waals surface area contributed by atoms with Crippen LogP contribution in [-0.4, -0.2) is 37.0 Å². The lowest BCUT2D eigenvalue weighted by Crippen LogP contribution is -2.50. The van der Waals surface area contributed by atoms with Crippen molar-refractivity contribution in [1.82, 2.24) is 10.6 Å². The summed E-state index contributed by atoms with van der Waals surface area (Å²) in [5.41, 5.74) is -0.593. The summed E-state index contributed by atoms with van der Waals surface area (Å²) >= 11 is 0. The molecule has 2 N–H and O–H groups in total. The molecule has 0 aliphatic rings. The number of ether oxygens (including phenoxy) is 1. The number of esters is 1. The zero-order valence-corrected chi connectivity index (χ0v) is 15.2. The summed E-state index contributed by atoms with van der Waals surface area (Å²) in [6, 6.07) is -0.715. The van der Waals surface area contributed by atoms with Crippen LogP contribution in [0.4, 0.5) is 0 Å². The van der Waals surface area contributed by atoms with Crippen molar-refractivity contribution >= 4 is 17.8 Å². The van der Waals surface area contributed by atoms with Crippen molar-refractivity contribution in [3.05, 3.63) is 0 Å². The molecule has 0 unspecified atom stereocenters. The van der Waals surface area contributed by atoms with Crippen LogP contribution in [0.25, 0.3) is 0 Å². The highest BCUT2D eigenvalue weighted by Gasteiger charge is 2.27. The van der Waals surface area contributed by atoms with Gasteiger partial charge in [0, 0.05) is 18.4 Å². The SMILES string of the molecule is CCCCCNC(=O)[C@H](CCC(=O)OCC)NC(=O)C(C)(C)C. The third kappa shape index (κ3) is 9.92. The number of nitrogens with one attached hydrogen (secondary N) is 2. The van der Waals surface area contributed by atoms with Crippen molar-refractivity contribution < 1.29 is 19.1 Å². The standard InChI is InChI=1S/C17H32N2O4/c1-6-8-9-12-18-15(21)13(10-11-14(20)23-7-2)19-16(22)17(3,4)5/h13H,6-12H2,1-5H3,(H,18,21)(H,19,22)/t13-/m0/s1. The number of carbonyl (C=O) groups excluding carboxylic acids is 3. The first kappa shape index (κ1) is 21.4. The summed E-state index contributed by atoms with van der Waals surface area (Å²) in [5.74, 6) is -0.820. The van der Waals surface area contributed by atoms with Crippen molar-refractivity contribution in [3.63, 3.8) is 0 Å². The Kier molecular flexibility index (Phi) is 10.3. The summed E-state index contributed by atoms with van der Waals surface area (Å²) in [6.45, 7) is 10.1. The second kappa shape index (κ2) is 11.0. The van der Waals surface area contributed by atoms with Gasteiger partial charge in [0.1, 0.15) is 6.04 Å². The lowest BCUT2D eigenvalue weighted by atomic mass is 9.94. The highest BCUT2D eigenvalue weighted by atomic mass is 16.5. The van der Waals surface area contributed by atoms with Gasteiger partial charge in [-0.3, -0.25) is 14.4 Å².